The van der Waals surface area contributed by atoms with Crippen LogP contribution in [0.3, 0.4) is 0 Å². The zero-order valence-electron chi connectivity index (χ0n) is 7.40. The Kier molecular flexibility index (Phi) is 4.24. The molecule has 0 aliphatic heterocycles. The van der Waals surface area contributed by atoms with E-state index in [0.717, 1.165) is 17.6 Å². The molecule has 0 aromatic heterocycles. The van der Waals surface area contributed by atoms with Crippen molar-refractivity contribution in [2.45, 2.75) is 19.4 Å². The van der Waals surface area contributed by atoms with Gasteiger partial charge in [0.1, 0.15) is 6.10 Å². The van der Waals surface area contributed by atoms with Crippen molar-refractivity contribution in [2.24, 2.45) is 0 Å². The molecule has 0 fully saturated rings. The van der Waals surface area contributed by atoms with Crippen LogP contribution in [-0.4, -0.2) is 10.7 Å². The Hall–Kier alpha value is -0.550. The largest absolute Gasteiger partial charge is 0.305 e. The Balaban J connectivity index is 2.45. The van der Waals surface area contributed by atoms with Gasteiger partial charge < -0.3 is 4.55 Å². The fourth-order valence-corrected chi connectivity index (χ4v) is 1.24. The zero-order chi connectivity index (χ0) is 9.68. The Morgan fingerprint density at radius 2 is 2.54 bits per heavy atom. The predicted octanol–water partition coefficient (Wildman–Crippen LogP) is 2.89. The summed E-state index contributed by atoms with van der Waals surface area (Å²) in [5, 5.41) is 0. The van der Waals surface area contributed by atoms with Crippen LogP contribution in [0.25, 0.3) is 0 Å². The van der Waals surface area contributed by atoms with Gasteiger partial charge in [0.05, 0.1) is 0 Å². The van der Waals surface area contributed by atoms with Gasteiger partial charge in [-0.25, -0.2) is 4.89 Å². The Labute approximate surface area is 82.1 Å². The van der Waals surface area contributed by atoms with Crippen LogP contribution in [0.5, 0.6) is 0 Å². The molecule has 0 saturated carbocycles. The maximum Gasteiger partial charge on any atom is 0.191 e. The van der Waals surface area contributed by atoms with Crippen molar-refractivity contribution in [2.75, 3.05) is 0 Å². The standard InChI is InChI=1S/C9H12O3S/c1-7(2)8-4-3-5-9(6-8)11-12-13-10/h3-5,9-10H,1,6H2,2H3. The quantitative estimate of drug-likeness (QED) is 0.430. The highest BCUT2D eigenvalue weighted by atomic mass is 32.2. The van der Waals surface area contributed by atoms with Gasteiger partial charge >= 0.3 is 0 Å². The summed E-state index contributed by atoms with van der Waals surface area (Å²) in [4.78, 5) is 4.86. The molecule has 3 nitrogen and oxygen atoms in total. The van der Waals surface area contributed by atoms with Gasteiger partial charge in [-0.2, -0.15) is 0 Å². The molecule has 4 heteroatoms. The fraction of sp³-hybridized carbons (Fsp3) is 0.333. The van der Waals surface area contributed by atoms with Gasteiger partial charge in [0.2, 0.25) is 0 Å². The molecule has 0 radical (unpaired) electrons. The van der Waals surface area contributed by atoms with E-state index in [9.17, 15) is 0 Å². The van der Waals surface area contributed by atoms with Crippen molar-refractivity contribution in [1.29, 1.82) is 0 Å². The van der Waals surface area contributed by atoms with Crippen LogP contribution < -0.4 is 0 Å². The van der Waals surface area contributed by atoms with Gasteiger partial charge in [-0.15, -0.1) is 4.33 Å². The first-order valence-corrected chi connectivity index (χ1v) is 4.60. The summed E-state index contributed by atoms with van der Waals surface area (Å²) >= 11 is 0.207. The minimum atomic E-state index is -0.142. The van der Waals surface area contributed by atoms with Crippen molar-refractivity contribution in [1.82, 2.24) is 0 Å². The first-order chi connectivity index (χ1) is 6.24. The normalized spacial score (nSPS) is 21.4. The van der Waals surface area contributed by atoms with Gasteiger partial charge in [0, 0.05) is 6.42 Å². The Bertz CT molecular complexity index is 245. The van der Waals surface area contributed by atoms with E-state index in [2.05, 4.69) is 10.9 Å². The zero-order valence-corrected chi connectivity index (χ0v) is 8.21. The van der Waals surface area contributed by atoms with Gasteiger partial charge in [0.25, 0.3) is 0 Å². The van der Waals surface area contributed by atoms with E-state index in [-0.39, 0.29) is 18.4 Å². The molecule has 1 aliphatic rings. The van der Waals surface area contributed by atoms with Crippen molar-refractivity contribution in [3.63, 3.8) is 0 Å². The van der Waals surface area contributed by atoms with Gasteiger partial charge in [-0.05, 0) is 12.5 Å². The van der Waals surface area contributed by atoms with Gasteiger partial charge in [0.15, 0.2) is 12.3 Å². The van der Waals surface area contributed by atoms with E-state index >= 15 is 0 Å². The average Bonchev–Trinajstić information content (AvgIpc) is 2.15. The maximum absolute atomic E-state index is 8.29. The number of rotatable bonds is 4. The summed E-state index contributed by atoms with van der Waals surface area (Å²) in [6.45, 7) is 5.79. The average molecular weight is 200 g/mol. The molecule has 13 heavy (non-hydrogen) atoms. The summed E-state index contributed by atoms with van der Waals surface area (Å²) < 4.78 is 12.7. The SMILES string of the molecule is C=C(C)C1=CC=CC(OOSO)C1. The van der Waals surface area contributed by atoms with Crippen LogP contribution in [0.4, 0.5) is 0 Å². The van der Waals surface area contributed by atoms with Crippen LogP contribution in [-0.2, 0) is 9.22 Å². The van der Waals surface area contributed by atoms with Crippen molar-refractivity contribution in [3.8, 4) is 0 Å². The van der Waals surface area contributed by atoms with E-state index in [0.29, 0.717) is 0 Å². The van der Waals surface area contributed by atoms with E-state index < -0.39 is 0 Å². The number of hydrogen-bond acceptors (Lipinski definition) is 4. The molecule has 0 saturated heterocycles. The van der Waals surface area contributed by atoms with E-state index in [1.54, 1.807) is 0 Å². The Morgan fingerprint density at radius 1 is 1.77 bits per heavy atom. The van der Waals surface area contributed by atoms with Crippen LogP contribution in [0.1, 0.15) is 13.3 Å². The molecule has 72 valence electrons. The highest BCUT2D eigenvalue weighted by Crippen LogP contribution is 2.21. The molecule has 0 heterocycles. The summed E-state index contributed by atoms with van der Waals surface area (Å²) in [7, 11) is 0. The van der Waals surface area contributed by atoms with Crippen LogP contribution in [0.15, 0.2) is 36.0 Å². The molecule has 0 aromatic rings. The highest BCUT2D eigenvalue weighted by molar-refractivity contribution is 7.88. The van der Waals surface area contributed by atoms with E-state index in [4.69, 9.17) is 9.44 Å². The minimum Gasteiger partial charge on any atom is -0.305 e. The molecule has 1 unspecified atom stereocenters. The minimum absolute atomic E-state index is 0.142. The van der Waals surface area contributed by atoms with Crippen molar-refractivity contribution >= 4 is 12.3 Å². The summed E-state index contributed by atoms with van der Waals surface area (Å²) in [6, 6.07) is 0. The number of hydrogen-bond donors (Lipinski definition) is 1. The second-order valence-electron chi connectivity index (χ2n) is 2.84. The highest BCUT2D eigenvalue weighted by Gasteiger charge is 2.13. The van der Waals surface area contributed by atoms with E-state index in [1.165, 1.54) is 0 Å². The second-order valence-corrected chi connectivity index (χ2v) is 3.12. The van der Waals surface area contributed by atoms with Gasteiger partial charge in [-0.1, -0.05) is 30.4 Å². The van der Waals surface area contributed by atoms with Crippen LogP contribution >= 0.6 is 12.3 Å². The first-order valence-electron chi connectivity index (χ1n) is 3.91. The van der Waals surface area contributed by atoms with Crippen molar-refractivity contribution in [3.05, 3.63) is 36.0 Å². The molecular formula is C9H12O3S. The lowest BCUT2D eigenvalue weighted by molar-refractivity contribution is -0.220. The number of allylic oxidation sites excluding steroid dienone is 3. The lowest BCUT2D eigenvalue weighted by Crippen LogP contribution is -2.12. The third kappa shape index (κ3) is 3.36. The third-order valence-electron chi connectivity index (χ3n) is 1.79. The predicted molar refractivity (Wildman–Crippen MR) is 52.8 cm³/mol. The summed E-state index contributed by atoms with van der Waals surface area (Å²) in [5.74, 6) is 0. The third-order valence-corrected chi connectivity index (χ3v) is 1.93. The molecule has 1 N–H and O–H groups in total. The first kappa shape index (κ1) is 10.5. The lowest BCUT2D eigenvalue weighted by Gasteiger charge is -2.16. The molecule has 0 bridgehead atoms. The topological polar surface area (TPSA) is 38.7 Å². The van der Waals surface area contributed by atoms with Crippen LogP contribution in [0, 0.1) is 0 Å². The second kappa shape index (κ2) is 5.24. The molecular weight excluding hydrogens is 188 g/mol. The van der Waals surface area contributed by atoms with Gasteiger partial charge in [-0.3, -0.25) is 0 Å². The molecule has 1 atom stereocenters. The fourth-order valence-electron chi connectivity index (χ4n) is 1.10. The van der Waals surface area contributed by atoms with Crippen molar-refractivity contribution < 1.29 is 13.8 Å². The molecule has 0 amide bonds. The smallest absolute Gasteiger partial charge is 0.191 e. The maximum atomic E-state index is 8.29. The Morgan fingerprint density at radius 3 is 3.15 bits per heavy atom. The summed E-state index contributed by atoms with van der Waals surface area (Å²) in [6.07, 6.45) is 6.34. The molecule has 0 spiro atoms. The van der Waals surface area contributed by atoms with E-state index in [1.807, 2.05) is 25.2 Å². The lowest BCUT2D eigenvalue weighted by atomic mass is 9.98. The molecule has 0 aromatic carbocycles. The summed E-state index contributed by atoms with van der Waals surface area (Å²) in [5.41, 5.74) is 2.16. The molecule has 1 aliphatic carbocycles. The monoisotopic (exact) mass is 200 g/mol. The van der Waals surface area contributed by atoms with Crippen LogP contribution in [0.2, 0.25) is 0 Å². The molecule has 1 rings (SSSR count).